The number of hydrogen-bond acceptors (Lipinski definition) is 10. The quantitative estimate of drug-likeness (QED) is 0.0886. The molecule has 0 bridgehead atoms. The van der Waals surface area contributed by atoms with Gasteiger partial charge >= 0.3 is 6.03 Å². The number of amides is 3. The molecule has 0 aliphatic carbocycles. The minimum absolute atomic E-state index is 0.0332. The van der Waals surface area contributed by atoms with Gasteiger partial charge in [0.05, 0.1) is 52.7 Å². The predicted octanol–water partition coefficient (Wildman–Crippen LogP) is 3.90. The molecule has 0 spiro atoms. The van der Waals surface area contributed by atoms with E-state index in [9.17, 15) is 23.1 Å². The van der Waals surface area contributed by atoms with Crippen LogP contribution in [0.4, 0.5) is 4.79 Å². The lowest BCUT2D eigenvalue weighted by Crippen LogP contribution is -2.57. The first kappa shape index (κ1) is 37.6. The van der Waals surface area contributed by atoms with E-state index in [1.165, 1.54) is 41.8 Å². The van der Waals surface area contributed by atoms with Crippen molar-refractivity contribution in [3.8, 4) is 0 Å². The Balaban J connectivity index is 1.40. The molecular weight excluding hydrogens is 691 g/mol. The number of aliphatic hydroxyl groups excluding tert-OH is 1. The minimum atomic E-state index is -4.19. The summed E-state index contributed by atoms with van der Waals surface area (Å²) in [5.74, 6) is -0.699. The second-order valence-corrected chi connectivity index (χ2v) is 15.7. The summed E-state index contributed by atoms with van der Waals surface area (Å²) in [5.41, 5.74) is 2.58. The second-order valence-electron chi connectivity index (χ2n) is 12.7. The van der Waals surface area contributed by atoms with Crippen molar-refractivity contribution in [2.24, 2.45) is 11.1 Å². The molecule has 13 nitrogen and oxygen atoms in total. The van der Waals surface area contributed by atoms with Crippen molar-refractivity contribution in [1.29, 1.82) is 0 Å². The summed E-state index contributed by atoms with van der Waals surface area (Å²) in [6.07, 6.45) is 1.58. The molecule has 51 heavy (non-hydrogen) atoms. The molecule has 3 atom stereocenters. The van der Waals surface area contributed by atoms with Crippen molar-refractivity contribution in [3.05, 3.63) is 112 Å². The van der Waals surface area contributed by atoms with E-state index < -0.39 is 34.1 Å². The zero-order valence-electron chi connectivity index (χ0n) is 28.7. The van der Waals surface area contributed by atoms with Gasteiger partial charge in [-0.3, -0.25) is 9.78 Å². The molecule has 2 aromatic carbocycles. The van der Waals surface area contributed by atoms with Crippen molar-refractivity contribution >= 4 is 39.5 Å². The Bertz CT molecular complexity index is 1890. The summed E-state index contributed by atoms with van der Waals surface area (Å²) in [7, 11) is -4.19. The number of oxime groups is 1. The number of nitrogens with one attached hydrogen (secondary N) is 1. The minimum Gasteiger partial charge on any atom is -0.411 e. The fourth-order valence-corrected chi connectivity index (χ4v) is 8.14. The van der Waals surface area contributed by atoms with Gasteiger partial charge in [-0.1, -0.05) is 67.5 Å². The summed E-state index contributed by atoms with van der Waals surface area (Å²) in [5, 5.41) is 29.6. The maximum absolute atomic E-state index is 14.2. The van der Waals surface area contributed by atoms with Crippen LogP contribution in [0, 0.1) is 12.8 Å². The number of sulfonamides is 1. The average Bonchev–Trinajstić information content (AvgIpc) is 3.69. The molecule has 1 unspecified atom stereocenters. The van der Waals surface area contributed by atoms with E-state index in [0.717, 1.165) is 20.6 Å². The van der Waals surface area contributed by atoms with Crippen LogP contribution in [0.5, 0.6) is 0 Å². The molecule has 4 aromatic rings. The van der Waals surface area contributed by atoms with Crippen LogP contribution >= 0.6 is 11.3 Å². The molecular formula is C36H43N7O6S2. The Labute approximate surface area is 302 Å². The first-order valence-electron chi connectivity index (χ1n) is 16.6. The van der Waals surface area contributed by atoms with E-state index in [2.05, 4.69) is 20.4 Å². The lowest BCUT2D eigenvalue weighted by Gasteiger charge is -2.34. The summed E-state index contributed by atoms with van der Waals surface area (Å²) in [6.45, 7) is 6.27. The van der Waals surface area contributed by atoms with Gasteiger partial charge < -0.3 is 25.4 Å². The maximum Gasteiger partial charge on any atom is 0.321 e. The molecule has 3 heterocycles. The summed E-state index contributed by atoms with van der Waals surface area (Å²) in [6, 6.07) is 18.2. The molecule has 2 aromatic heterocycles. The fourth-order valence-electron chi connectivity index (χ4n) is 6.10. The molecule has 1 aliphatic heterocycles. The topological polar surface area (TPSA) is 169 Å². The fraction of sp³-hybridized carbons (Fsp3) is 0.361. The van der Waals surface area contributed by atoms with Gasteiger partial charge in [-0.25, -0.2) is 18.2 Å². The smallest absolute Gasteiger partial charge is 0.321 e. The van der Waals surface area contributed by atoms with Crippen molar-refractivity contribution < 1.29 is 28.3 Å². The molecule has 15 heteroatoms. The molecule has 0 radical (unpaired) electrons. The first-order chi connectivity index (χ1) is 24.5. The zero-order chi connectivity index (χ0) is 36.5. The average molecular weight is 734 g/mol. The number of nitrogens with zero attached hydrogens (tertiary/aromatic N) is 6. The number of rotatable bonds is 16. The van der Waals surface area contributed by atoms with E-state index >= 15 is 0 Å². The Morgan fingerprint density at radius 1 is 1.06 bits per heavy atom. The number of carbonyl (C=O) groups is 2. The largest absolute Gasteiger partial charge is 0.411 e. The summed E-state index contributed by atoms with van der Waals surface area (Å²) >= 11 is 1.51. The van der Waals surface area contributed by atoms with Crippen molar-refractivity contribution in [1.82, 2.24) is 29.4 Å². The van der Waals surface area contributed by atoms with E-state index in [4.69, 9.17) is 5.21 Å². The van der Waals surface area contributed by atoms with Gasteiger partial charge in [0, 0.05) is 31.2 Å². The van der Waals surface area contributed by atoms with Gasteiger partial charge in [-0.15, -0.1) is 11.3 Å². The van der Waals surface area contributed by atoms with Crippen molar-refractivity contribution in [3.63, 3.8) is 0 Å². The highest BCUT2D eigenvalue weighted by atomic mass is 32.2. The number of pyridine rings is 1. The first-order valence-corrected chi connectivity index (χ1v) is 18.9. The molecule has 3 amide bonds. The number of thiazole rings is 1. The number of hydrogen-bond donors (Lipinski definition) is 3. The molecule has 1 fully saturated rings. The van der Waals surface area contributed by atoms with Crippen molar-refractivity contribution in [2.75, 3.05) is 19.6 Å². The van der Waals surface area contributed by atoms with Crippen LogP contribution in [0.25, 0.3) is 0 Å². The normalized spacial score (nSPS) is 15.5. The van der Waals surface area contributed by atoms with E-state index in [1.54, 1.807) is 34.2 Å². The third kappa shape index (κ3) is 9.55. The molecule has 3 N–H and O–H groups in total. The molecule has 5 rings (SSSR count). The maximum atomic E-state index is 14.2. The van der Waals surface area contributed by atoms with Gasteiger partial charge in [0.1, 0.15) is 6.04 Å². The van der Waals surface area contributed by atoms with E-state index in [1.807, 2.05) is 56.5 Å². The lowest BCUT2D eigenvalue weighted by atomic mass is 9.98. The Hall–Kier alpha value is -4.70. The van der Waals surface area contributed by atoms with E-state index in [0.29, 0.717) is 30.9 Å². The van der Waals surface area contributed by atoms with Crippen LogP contribution in [0.1, 0.15) is 41.4 Å². The van der Waals surface area contributed by atoms with E-state index in [-0.39, 0.29) is 36.4 Å². The number of aryl methyl sites for hydroxylation is 1. The van der Waals surface area contributed by atoms with Crippen LogP contribution in [0.3, 0.4) is 0 Å². The van der Waals surface area contributed by atoms with Crippen LogP contribution in [0.15, 0.2) is 94.4 Å². The third-order valence-electron chi connectivity index (χ3n) is 8.65. The molecule has 270 valence electrons. The number of urea groups is 1. The monoisotopic (exact) mass is 733 g/mol. The predicted molar refractivity (Wildman–Crippen MR) is 194 cm³/mol. The summed E-state index contributed by atoms with van der Waals surface area (Å²) < 4.78 is 29.3. The van der Waals surface area contributed by atoms with Gasteiger partial charge in [0.2, 0.25) is 15.9 Å². The van der Waals surface area contributed by atoms with Gasteiger partial charge in [-0.05, 0) is 54.7 Å². The number of aliphatic hydroxyl groups is 1. The number of benzene rings is 2. The summed E-state index contributed by atoms with van der Waals surface area (Å²) in [4.78, 5) is 39.8. The van der Waals surface area contributed by atoms with Crippen LogP contribution < -0.4 is 5.32 Å². The number of carbonyl (C=O) groups excluding carboxylic acids is 2. The van der Waals surface area contributed by atoms with Crippen LogP contribution in [0.2, 0.25) is 0 Å². The SMILES string of the molecule is Cc1nc(CN2CCN(C(C(=O)N[C@@H](Cc3ccccc3)[C@H](O)CN(Cc3ccccn3)S(=O)(=O)c3ccc(/C=N/O)cc3)C(C)C)C2=O)cs1. The van der Waals surface area contributed by atoms with Crippen molar-refractivity contribution in [2.45, 2.75) is 63.4 Å². The standard InChI is InChI=1S/C36H43N7O6S2/c1-25(2)34(43-18-17-41(36(43)46)21-30-24-50-26(3)39-30)35(45)40-32(19-27-9-5-4-6-10-27)33(44)23-42(22-29-11-7-8-16-37-29)51(48,49)31-14-12-28(13-15-31)20-38-47/h4-16,20,24-25,32-34,44,47H,17-19,21-23H2,1-3H3,(H,40,45)/b38-20+/t32-,33+,34?/m0/s1. The van der Waals surface area contributed by atoms with Crippen LogP contribution in [-0.2, 0) is 34.3 Å². The Morgan fingerprint density at radius 2 is 1.78 bits per heavy atom. The lowest BCUT2D eigenvalue weighted by molar-refractivity contribution is -0.128. The van der Waals surface area contributed by atoms with Crippen LogP contribution in [-0.4, -0.2) is 98.8 Å². The Kier molecular flexibility index (Phi) is 12.5. The highest BCUT2D eigenvalue weighted by Crippen LogP contribution is 2.23. The zero-order valence-corrected chi connectivity index (χ0v) is 30.4. The Morgan fingerprint density at radius 3 is 2.41 bits per heavy atom. The second kappa shape index (κ2) is 17.0. The number of aromatic nitrogens is 2. The van der Waals surface area contributed by atoms with Gasteiger partial charge in [0.15, 0.2) is 0 Å². The third-order valence-corrected chi connectivity index (χ3v) is 11.3. The molecule has 1 aliphatic rings. The van der Waals surface area contributed by atoms with Gasteiger partial charge in [0.25, 0.3) is 0 Å². The molecule has 1 saturated heterocycles. The highest BCUT2D eigenvalue weighted by Gasteiger charge is 2.40. The highest BCUT2D eigenvalue weighted by molar-refractivity contribution is 7.89. The van der Waals surface area contributed by atoms with Gasteiger partial charge in [-0.2, -0.15) is 4.31 Å². The molecule has 0 saturated carbocycles.